The molecule has 0 bridgehead atoms. The summed E-state index contributed by atoms with van der Waals surface area (Å²) in [5.74, 6) is 0. The van der Waals surface area contributed by atoms with Gasteiger partial charge >= 0.3 is 55.1 Å². The summed E-state index contributed by atoms with van der Waals surface area (Å²) >= 11 is 0. The predicted octanol–water partition coefficient (Wildman–Crippen LogP) is 0.586. The molecule has 0 aromatic carbocycles. The summed E-state index contributed by atoms with van der Waals surface area (Å²) in [5.41, 5.74) is 0. The van der Waals surface area contributed by atoms with Crippen molar-refractivity contribution in [3.05, 3.63) is 0 Å². The highest BCUT2D eigenvalue weighted by Crippen LogP contribution is 2.40. The van der Waals surface area contributed by atoms with Gasteiger partial charge in [-0.1, -0.05) is 0 Å². The number of hydrogen-bond donors (Lipinski definition) is 4. The van der Waals surface area contributed by atoms with Crippen LogP contribution in [0.4, 0.5) is 44.7 Å². The van der Waals surface area contributed by atoms with Gasteiger partial charge in [-0.25, -0.2) is 9.59 Å². The minimum Gasteiger partial charge on any atom is -0.378 e. The number of nitrogens with one attached hydrogen (secondary N) is 2. The molecule has 0 saturated heterocycles. The Hall–Kier alpha value is -2.20. The molecule has 0 heterocycles. The first-order valence-electron chi connectivity index (χ1n) is 6.38. The monoisotopic (exact) mass is 508 g/mol. The van der Waals surface area contributed by atoms with E-state index in [1.54, 1.807) is 0 Å². The Balaban J connectivity index is 4.70. The molecule has 0 atom stereocenters. The van der Waals surface area contributed by atoms with E-state index in [0.29, 0.717) is 0 Å². The largest absolute Gasteiger partial charge is 0.486 e. The van der Waals surface area contributed by atoms with Crippen LogP contribution in [0, 0.1) is 0 Å². The Morgan fingerprint density at radius 2 is 0.900 bits per heavy atom. The summed E-state index contributed by atoms with van der Waals surface area (Å²) in [4.78, 5) is 21.7. The lowest BCUT2D eigenvalue weighted by molar-refractivity contribution is -0.289. The summed E-state index contributed by atoms with van der Waals surface area (Å²) in [6, 6.07) is 0. The summed E-state index contributed by atoms with van der Waals surface area (Å²) in [6.45, 7) is -2.27. The fourth-order valence-corrected chi connectivity index (χ4v) is 1.74. The van der Waals surface area contributed by atoms with Gasteiger partial charge in [0.25, 0.3) is 0 Å². The molecule has 0 aliphatic heterocycles. The lowest BCUT2D eigenvalue weighted by Gasteiger charge is -2.23. The molecule has 178 valence electrons. The van der Waals surface area contributed by atoms with E-state index < -0.39 is 68.2 Å². The zero-order chi connectivity index (χ0) is 24.4. The number of halogens is 8. The van der Waals surface area contributed by atoms with Crippen LogP contribution in [0.1, 0.15) is 0 Å². The quantitative estimate of drug-likeness (QED) is 0.195. The molecule has 12 nitrogen and oxygen atoms in total. The third kappa shape index (κ3) is 6.15. The average molecular weight is 508 g/mol. The first kappa shape index (κ1) is 27.8. The number of alkyl halides is 8. The van der Waals surface area contributed by atoms with Crippen molar-refractivity contribution < 1.29 is 80.1 Å². The van der Waals surface area contributed by atoms with Gasteiger partial charge in [-0.2, -0.15) is 52.0 Å². The van der Waals surface area contributed by atoms with Gasteiger partial charge in [0, 0.05) is 13.1 Å². The summed E-state index contributed by atoms with van der Waals surface area (Å²) < 4.78 is 165. The second-order valence-corrected chi connectivity index (χ2v) is 7.58. The Morgan fingerprint density at radius 1 is 0.667 bits per heavy atom. The molecule has 2 amide bonds. The number of carbonyl (C=O) groups excluding carboxylic acids is 2. The maximum absolute atomic E-state index is 12.9. The van der Waals surface area contributed by atoms with E-state index in [0.717, 1.165) is 10.6 Å². The molecule has 0 unspecified atom stereocenters. The molecule has 0 spiro atoms. The van der Waals surface area contributed by atoms with Crippen molar-refractivity contribution in [2.24, 2.45) is 0 Å². The first-order chi connectivity index (χ1) is 13.0. The third-order valence-electron chi connectivity index (χ3n) is 2.43. The summed E-state index contributed by atoms with van der Waals surface area (Å²) in [6.07, 6.45) is -17.2. The van der Waals surface area contributed by atoms with E-state index in [1.807, 2.05) is 0 Å². The molecule has 0 aliphatic carbocycles. The van der Waals surface area contributed by atoms with Crippen molar-refractivity contribution in [2.75, 3.05) is 13.1 Å². The molecular formula is C8H8F8N2O10S2. The van der Waals surface area contributed by atoms with Gasteiger partial charge in [-0.05, 0) is 0 Å². The smallest absolute Gasteiger partial charge is 0.378 e. The minimum atomic E-state index is -6.74. The zero-order valence-electron chi connectivity index (χ0n) is 13.4. The van der Waals surface area contributed by atoms with Gasteiger partial charge in [0.05, 0.1) is 0 Å². The molecule has 30 heavy (non-hydrogen) atoms. The Bertz CT molecular complexity index is 802. The Morgan fingerprint density at radius 3 is 1.10 bits per heavy atom. The maximum atomic E-state index is 12.9. The van der Waals surface area contributed by atoms with Crippen LogP contribution in [-0.4, -0.2) is 73.9 Å². The fourth-order valence-electron chi connectivity index (χ4n) is 1.05. The van der Waals surface area contributed by atoms with Crippen molar-refractivity contribution in [3.8, 4) is 0 Å². The van der Waals surface area contributed by atoms with Crippen molar-refractivity contribution in [1.82, 2.24) is 10.6 Å². The van der Waals surface area contributed by atoms with Crippen LogP contribution < -0.4 is 10.6 Å². The van der Waals surface area contributed by atoms with E-state index in [-0.39, 0.29) is 0 Å². The van der Waals surface area contributed by atoms with E-state index in [2.05, 4.69) is 9.47 Å². The third-order valence-corrected chi connectivity index (χ3v) is 4.20. The van der Waals surface area contributed by atoms with Gasteiger partial charge in [-0.15, -0.1) is 0 Å². The highest BCUT2D eigenvalue weighted by atomic mass is 32.2. The van der Waals surface area contributed by atoms with Crippen molar-refractivity contribution >= 4 is 32.4 Å². The molecule has 0 fully saturated rings. The number of amides is 2. The van der Waals surface area contributed by atoms with E-state index in [4.69, 9.17) is 9.11 Å². The second kappa shape index (κ2) is 8.50. The van der Waals surface area contributed by atoms with Gasteiger partial charge in [0.1, 0.15) is 0 Å². The van der Waals surface area contributed by atoms with Crippen LogP contribution in [0.2, 0.25) is 0 Å². The van der Waals surface area contributed by atoms with Crippen LogP contribution in [0.15, 0.2) is 0 Å². The molecule has 0 radical (unpaired) electrons. The Kier molecular flexibility index (Phi) is 7.88. The predicted molar refractivity (Wildman–Crippen MR) is 71.9 cm³/mol. The number of alkyl carbamates (subject to hydrolysis) is 2. The molecule has 0 rings (SSSR count). The first-order valence-corrected chi connectivity index (χ1v) is 9.26. The second-order valence-electron chi connectivity index (χ2n) is 4.65. The van der Waals surface area contributed by atoms with E-state index >= 15 is 0 Å². The van der Waals surface area contributed by atoms with E-state index in [9.17, 15) is 61.5 Å². The molecule has 0 saturated carbocycles. The fraction of sp³-hybridized carbons (Fsp3) is 0.750. The SMILES string of the molecule is O=C(NCCNC(=O)OC(F)(F)C(F)(F)S(=O)(=O)O)OC(F)(F)C(F)(F)S(=O)(=O)O. The normalized spacial score (nSPS) is 14.1. The molecule has 0 aromatic heterocycles. The van der Waals surface area contributed by atoms with Gasteiger partial charge in [0.2, 0.25) is 0 Å². The average Bonchev–Trinajstić information content (AvgIpc) is 2.48. The number of hydrogen-bond acceptors (Lipinski definition) is 8. The van der Waals surface area contributed by atoms with Crippen molar-refractivity contribution in [1.29, 1.82) is 0 Å². The van der Waals surface area contributed by atoms with Gasteiger partial charge in [0.15, 0.2) is 0 Å². The maximum Gasteiger partial charge on any atom is 0.486 e. The minimum absolute atomic E-state index is 1.14. The Labute approximate surface area is 160 Å². The van der Waals surface area contributed by atoms with Crippen LogP contribution in [-0.2, 0) is 29.7 Å². The number of carbonyl (C=O) groups is 2. The van der Waals surface area contributed by atoms with Crippen LogP contribution in [0.3, 0.4) is 0 Å². The molecule has 22 heteroatoms. The molecule has 0 aromatic rings. The number of rotatable bonds is 9. The highest BCUT2D eigenvalue weighted by Gasteiger charge is 2.70. The van der Waals surface area contributed by atoms with Crippen LogP contribution in [0.25, 0.3) is 0 Å². The van der Waals surface area contributed by atoms with Crippen LogP contribution >= 0.6 is 0 Å². The lowest BCUT2D eigenvalue weighted by Crippen LogP contribution is -2.52. The summed E-state index contributed by atoms with van der Waals surface area (Å²) in [5, 5.41) is -10.3. The molecule has 0 aliphatic rings. The molecule has 4 N–H and O–H groups in total. The molecular weight excluding hydrogens is 500 g/mol. The summed E-state index contributed by atoms with van der Waals surface area (Å²) in [7, 11) is -13.5. The number of ether oxygens (including phenoxy) is 2. The zero-order valence-corrected chi connectivity index (χ0v) is 15.0. The van der Waals surface area contributed by atoms with Crippen LogP contribution in [0.5, 0.6) is 0 Å². The highest BCUT2D eigenvalue weighted by molar-refractivity contribution is 7.87. The van der Waals surface area contributed by atoms with Crippen molar-refractivity contribution in [3.63, 3.8) is 0 Å². The van der Waals surface area contributed by atoms with E-state index in [1.165, 1.54) is 0 Å². The topological polar surface area (TPSA) is 185 Å². The van der Waals surface area contributed by atoms with Crippen molar-refractivity contribution in [2.45, 2.75) is 22.7 Å². The van der Waals surface area contributed by atoms with Gasteiger partial charge in [-0.3, -0.25) is 9.11 Å². The van der Waals surface area contributed by atoms with Gasteiger partial charge < -0.3 is 20.1 Å². The standard InChI is InChI=1S/C8H8F8N2O10S2/c9-5(10,7(13,14)29(21,22)23)27-3(19)17-1-2-18-4(20)28-6(11,12)8(15,16)30(24,25)26/h1-2H2,(H,17,19)(H,18,20)(H,21,22,23)(H,24,25,26). The lowest BCUT2D eigenvalue weighted by atomic mass is 10.6.